The first kappa shape index (κ1) is 12.3. The monoisotopic (exact) mass is 227 g/mol. The lowest BCUT2D eigenvalue weighted by molar-refractivity contribution is 0.522. The van der Waals surface area contributed by atoms with Crippen LogP contribution in [-0.2, 0) is 0 Å². The highest BCUT2D eigenvalue weighted by molar-refractivity contribution is 6.29. The highest BCUT2D eigenvalue weighted by Gasteiger charge is 2.16. The quantitative estimate of drug-likeness (QED) is 0.745. The van der Waals surface area contributed by atoms with Gasteiger partial charge in [0, 0.05) is 11.6 Å². The van der Waals surface area contributed by atoms with Gasteiger partial charge in [-0.2, -0.15) is 0 Å². The smallest absolute Gasteiger partial charge is 0.197 e. The zero-order valence-electron chi connectivity index (χ0n) is 9.35. The van der Waals surface area contributed by atoms with Gasteiger partial charge in [-0.15, -0.1) is 0 Å². The lowest BCUT2D eigenvalue weighted by Gasteiger charge is -2.17. The minimum Gasteiger partial charge on any atom is -0.453 e. The van der Waals surface area contributed by atoms with Gasteiger partial charge in [0.2, 0.25) is 0 Å². The van der Waals surface area contributed by atoms with Crippen LogP contribution in [0.1, 0.15) is 38.3 Å². The van der Waals surface area contributed by atoms with Crippen LogP contribution in [0.25, 0.3) is 0 Å². The lowest BCUT2D eigenvalue weighted by atomic mass is 10.0. The molecule has 84 valence electrons. The Morgan fingerprint density at radius 3 is 2.80 bits per heavy atom. The van der Waals surface area contributed by atoms with Crippen molar-refractivity contribution in [1.29, 1.82) is 0 Å². The third-order valence-electron chi connectivity index (χ3n) is 2.46. The maximum absolute atomic E-state index is 5.96. The SMILES string of the molecule is C=C(CC)CC(NCC)c1ccoc1Cl. The van der Waals surface area contributed by atoms with Gasteiger partial charge in [0.1, 0.15) is 0 Å². The van der Waals surface area contributed by atoms with Gasteiger partial charge in [-0.05, 0) is 37.1 Å². The molecule has 0 radical (unpaired) electrons. The Kier molecular flexibility index (Phi) is 4.92. The molecule has 1 N–H and O–H groups in total. The van der Waals surface area contributed by atoms with Crippen molar-refractivity contribution in [2.45, 2.75) is 32.7 Å². The van der Waals surface area contributed by atoms with Gasteiger partial charge in [-0.25, -0.2) is 0 Å². The van der Waals surface area contributed by atoms with Crippen LogP contribution in [0.5, 0.6) is 0 Å². The number of rotatable bonds is 6. The topological polar surface area (TPSA) is 25.2 Å². The largest absolute Gasteiger partial charge is 0.453 e. The first-order valence-electron chi connectivity index (χ1n) is 5.31. The van der Waals surface area contributed by atoms with E-state index in [1.165, 1.54) is 5.57 Å². The number of nitrogens with one attached hydrogen (secondary N) is 1. The molecule has 0 fully saturated rings. The summed E-state index contributed by atoms with van der Waals surface area (Å²) in [6.07, 6.45) is 3.53. The Balaban J connectivity index is 2.74. The minimum atomic E-state index is 0.216. The molecule has 2 nitrogen and oxygen atoms in total. The van der Waals surface area contributed by atoms with Crippen molar-refractivity contribution in [3.63, 3.8) is 0 Å². The Hall–Kier alpha value is -0.730. The predicted octanol–water partition coefficient (Wildman–Crippen LogP) is 3.94. The number of halogens is 1. The van der Waals surface area contributed by atoms with Crippen molar-refractivity contribution >= 4 is 11.6 Å². The molecule has 1 aromatic rings. The molecule has 0 saturated heterocycles. The van der Waals surface area contributed by atoms with Crippen LogP contribution in [0.4, 0.5) is 0 Å². The molecule has 0 aliphatic heterocycles. The van der Waals surface area contributed by atoms with Crippen molar-refractivity contribution < 1.29 is 4.42 Å². The maximum atomic E-state index is 5.96. The first-order chi connectivity index (χ1) is 7.19. The van der Waals surface area contributed by atoms with Gasteiger partial charge < -0.3 is 9.73 Å². The second-order valence-electron chi connectivity index (χ2n) is 3.57. The van der Waals surface area contributed by atoms with Gasteiger partial charge in [-0.1, -0.05) is 26.0 Å². The predicted molar refractivity (Wildman–Crippen MR) is 64.2 cm³/mol. The highest BCUT2D eigenvalue weighted by Crippen LogP contribution is 2.28. The summed E-state index contributed by atoms with van der Waals surface area (Å²) in [7, 11) is 0. The van der Waals surface area contributed by atoms with Crippen LogP contribution in [-0.4, -0.2) is 6.54 Å². The molecule has 0 bridgehead atoms. The molecule has 1 heterocycles. The van der Waals surface area contributed by atoms with E-state index in [1.54, 1.807) is 6.26 Å². The second kappa shape index (κ2) is 5.99. The third-order valence-corrected chi connectivity index (χ3v) is 2.77. The van der Waals surface area contributed by atoms with Crippen LogP contribution >= 0.6 is 11.6 Å². The molecule has 0 aliphatic rings. The normalized spacial score (nSPS) is 12.7. The van der Waals surface area contributed by atoms with E-state index in [1.807, 2.05) is 6.07 Å². The van der Waals surface area contributed by atoms with Crippen LogP contribution in [0.2, 0.25) is 5.22 Å². The van der Waals surface area contributed by atoms with E-state index in [0.717, 1.165) is 24.9 Å². The van der Waals surface area contributed by atoms with Crippen molar-refractivity contribution in [2.75, 3.05) is 6.54 Å². The van der Waals surface area contributed by atoms with Crippen molar-refractivity contribution in [2.24, 2.45) is 0 Å². The first-order valence-corrected chi connectivity index (χ1v) is 5.69. The summed E-state index contributed by atoms with van der Waals surface area (Å²) in [4.78, 5) is 0. The minimum absolute atomic E-state index is 0.216. The van der Waals surface area contributed by atoms with Crippen LogP contribution < -0.4 is 5.32 Å². The second-order valence-corrected chi connectivity index (χ2v) is 3.91. The summed E-state index contributed by atoms with van der Waals surface area (Å²) in [5.74, 6) is 0. The highest BCUT2D eigenvalue weighted by atomic mass is 35.5. The molecule has 3 heteroatoms. The van der Waals surface area contributed by atoms with Crippen LogP contribution in [0, 0.1) is 0 Å². The van der Waals surface area contributed by atoms with Crippen LogP contribution in [0.15, 0.2) is 28.9 Å². The molecule has 0 aromatic carbocycles. The van der Waals surface area contributed by atoms with E-state index >= 15 is 0 Å². The average Bonchev–Trinajstić information content (AvgIpc) is 2.63. The van der Waals surface area contributed by atoms with Crippen molar-refractivity contribution in [3.8, 4) is 0 Å². The fraction of sp³-hybridized carbons (Fsp3) is 0.500. The zero-order valence-corrected chi connectivity index (χ0v) is 10.1. The lowest BCUT2D eigenvalue weighted by Crippen LogP contribution is -2.21. The summed E-state index contributed by atoms with van der Waals surface area (Å²) < 4.78 is 5.10. The number of furan rings is 1. The van der Waals surface area contributed by atoms with E-state index < -0.39 is 0 Å². The molecular weight excluding hydrogens is 210 g/mol. The fourth-order valence-corrected chi connectivity index (χ4v) is 1.77. The molecule has 0 amide bonds. The molecule has 1 unspecified atom stereocenters. The molecule has 1 rings (SSSR count). The standard InChI is InChI=1S/C12H18ClNO/c1-4-9(3)8-11(14-5-2)10-6-7-15-12(10)13/h6-7,11,14H,3-5,8H2,1-2H3. The van der Waals surface area contributed by atoms with Crippen molar-refractivity contribution in [1.82, 2.24) is 5.32 Å². The summed E-state index contributed by atoms with van der Waals surface area (Å²) >= 11 is 5.96. The van der Waals surface area contributed by atoms with E-state index in [9.17, 15) is 0 Å². The summed E-state index contributed by atoms with van der Waals surface area (Å²) in [5, 5.41) is 3.86. The molecular formula is C12H18ClNO. The molecule has 0 spiro atoms. The van der Waals surface area contributed by atoms with E-state index in [-0.39, 0.29) is 6.04 Å². The summed E-state index contributed by atoms with van der Waals surface area (Å²) in [6, 6.07) is 2.13. The van der Waals surface area contributed by atoms with Gasteiger partial charge in [0.05, 0.1) is 6.26 Å². The maximum Gasteiger partial charge on any atom is 0.197 e. The average molecular weight is 228 g/mol. The summed E-state index contributed by atoms with van der Waals surface area (Å²) in [5.41, 5.74) is 2.24. The third kappa shape index (κ3) is 3.40. The molecule has 0 saturated carbocycles. The number of hydrogen-bond donors (Lipinski definition) is 1. The molecule has 0 aliphatic carbocycles. The van der Waals surface area contributed by atoms with Crippen molar-refractivity contribution in [3.05, 3.63) is 35.3 Å². The Morgan fingerprint density at radius 2 is 2.33 bits per heavy atom. The van der Waals surface area contributed by atoms with Gasteiger partial charge in [-0.3, -0.25) is 0 Å². The zero-order chi connectivity index (χ0) is 11.3. The molecule has 1 aromatic heterocycles. The fourth-order valence-electron chi connectivity index (χ4n) is 1.53. The van der Waals surface area contributed by atoms with Gasteiger partial charge in [0.15, 0.2) is 5.22 Å². The van der Waals surface area contributed by atoms with E-state index in [4.69, 9.17) is 16.0 Å². The Bertz CT molecular complexity index is 319. The Labute approximate surface area is 96.3 Å². The van der Waals surface area contributed by atoms with Gasteiger partial charge in [0.25, 0.3) is 0 Å². The molecule has 1 atom stereocenters. The Morgan fingerprint density at radius 1 is 1.60 bits per heavy atom. The van der Waals surface area contributed by atoms with E-state index in [0.29, 0.717) is 5.22 Å². The van der Waals surface area contributed by atoms with Gasteiger partial charge >= 0.3 is 0 Å². The summed E-state index contributed by atoms with van der Waals surface area (Å²) in [6.45, 7) is 9.12. The van der Waals surface area contributed by atoms with E-state index in [2.05, 4.69) is 25.7 Å². The molecule has 15 heavy (non-hydrogen) atoms. The number of hydrogen-bond acceptors (Lipinski definition) is 2. The van der Waals surface area contributed by atoms with Crippen LogP contribution in [0.3, 0.4) is 0 Å².